The summed E-state index contributed by atoms with van der Waals surface area (Å²) < 4.78 is 1.96. The number of anilines is 1. The zero-order valence-corrected chi connectivity index (χ0v) is 14.3. The van der Waals surface area contributed by atoms with Crippen molar-refractivity contribution in [3.8, 4) is 5.69 Å². The van der Waals surface area contributed by atoms with Crippen LogP contribution in [-0.4, -0.2) is 32.3 Å². The number of hydrogen-bond donors (Lipinski definition) is 0. The average molecular weight is 319 g/mol. The molecule has 4 heterocycles. The molecule has 0 bridgehead atoms. The molecular weight excluding hydrogens is 298 g/mol. The molecule has 2 atom stereocenters. The monoisotopic (exact) mass is 319 g/mol. The van der Waals surface area contributed by atoms with Crippen molar-refractivity contribution in [1.82, 2.24) is 19.7 Å². The van der Waals surface area contributed by atoms with Gasteiger partial charge in [-0.3, -0.25) is 4.98 Å². The number of fused-ring (bicyclic) bond motifs is 2. The van der Waals surface area contributed by atoms with Crippen molar-refractivity contribution in [2.24, 2.45) is 10.8 Å². The molecule has 2 aliphatic rings. The molecule has 0 N–H and O–H groups in total. The van der Waals surface area contributed by atoms with Crippen LogP contribution in [0, 0.1) is 10.8 Å². The van der Waals surface area contributed by atoms with E-state index < -0.39 is 0 Å². The standard InChI is InChI=1S/C19H21N5/c1-18(2,3)19-9-16(19)23(12-19)17-8-14(4-7-21-17)24-15-5-6-20-10-13(15)11-22-24/h4-8,10-11,16H,9,12H2,1-3H3. The van der Waals surface area contributed by atoms with Crippen LogP contribution in [0.5, 0.6) is 0 Å². The lowest BCUT2D eigenvalue weighted by atomic mass is 9.73. The van der Waals surface area contributed by atoms with Crippen molar-refractivity contribution in [1.29, 1.82) is 0 Å². The number of rotatable bonds is 2. The van der Waals surface area contributed by atoms with Crippen molar-refractivity contribution in [2.75, 3.05) is 11.4 Å². The molecule has 1 aliphatic carbocycles. The third-order valence-electron chi connectivity index (χ3n) is 5.99. The van der Waals surface area contributed by atoms with Crippen molar-refractivity contribution < 1.29 is 0 Å². The molecule has 2 unspecified atom stereocenters. The van der Waals surface area contributed by atoms with Gasteiger partial charge in [0.05, 0.1) is 17.4 Å². The molecule has 1 saturated carbocycles. The second kappa shape index (κ2) is 4.35. The minimum atomic E-state index is 0.372. The molecule has 3 aromatic heterocycles. The predicted octanol–water partition coefficient (Wildman–Crippen LogP) is 3.44. The van der Waals surface area contributed by atoms with E-state index in [2.05, 4.69) is 46.8 Å². The smallest absolute Gasteiger partial charge is 0.130 e. The van der Waals surface area contributed by atoms with Crippen LogP contribution in [0.4, 0.5) is 5.82 Å². The van der Waals surface area contributed by atoms with Gasteiger partial charge in [-0.05, 0) is 24.0 Å². The summed E-state index contributed by atoms with van der Waals surface area (Å²) in [5, 5.41) is 5.57. The molecule has 2 fully saturated rings. The first-order valence-electron chi connectivity index (χ1n) is 8.50. The number of pyridine rings is 2. The fourth-order valence-corrected chi connectivity index (χ4v) is 4.23. The van der Waals surface area contributed by atoms with Gasteiger partial charge in [0.1, 0.15) is 5.82 Å². The Hall–Kier alpha value is -2.43. The van der Waals surface area contributed by atoms with Crippen molar-refractivity contribution in [3.63, 3.8) is 0 Å². The molecule has 0 spiro atoms. The van der Waals surface area contributed by atoms with Gasteiger partial charge < -0.3 is 4.90 Å². The summed E-state index contributed by atoms with van der Waals surface area (Å²) in [6.07, 6.45) is 8.69. The van der Waals surface area contributed by atoms with E-state index in [1.807, 2.05) is 35.4 Å². The zero-order valence-electron chi connectivity index (χ0n) is 14.3. The van der Waals surface area contributed by atoms with Gasteiger partial charge in [0.2, 0.25) is 0 Å². The molecule has 5 nitrogen and oxygen atoms in total. The summed E-state index contributed by atoms with van der Waals surface area (Å²) in [7, 11) is 0. The Labute approximate surface area is 141 Å². The Morgan fingerprint density at radius 3 is 2.79 bits per heavy atom. The first kappa shape index (κ1) is 14.0. The summed E-state index contributed by atoms with van der Waals surface area (Å²) in [6.45, 7) is 8.19. The second-order valence-electron chi connectivity index (χ2n) is 8.12. The molecule has 0 amide bonds. The Morgan fingerprint density at radius 1 is 1.17 bits per heavy atom. The van der Waals surface area contributed by atoms with Crippen LogP contribution in [0.2, 0.25) is 0 Å². The molecule has 5 heteroatoms. The van der Waals surface area contributed by atoms with Crippen LogP contribution < -0.4 is 4.90 Å². The van der Waals surface area contributed by atoms with E-state index >= 15 is 0 Å². The van der Waals surface area contributed by atoms with E-state index in [4.69, 9.17) is 0 Å². The minimum absolute atomic E-state index is 0.372. The van der Waals surface area contributed by atoms with Gasteiger partial charge in [-0.2, -0.15) is 5.10 Å². The Kier molecular flexibility index (Phi) is 2.53. The Morgan fingerprint density at radius 2 is 2.04 bits per heavy atom. The van der Waals surface area contributed by atoms with E-state index in [0.717, 1.165) is 29.0 Å². The van der Waals surface area contributed by atoms with E-state index in [1.54, 1.807) is 6.20 Å². The van der Waals surface area contributed by atoms with Crippen molar-refractivity contribution in [2.45, 2.75) is 33.2 Å². The second-order valence-corrected chi connectivity index (χ2v) is 8.12. The molecular formula is C19H21N5. The third kappa shape index (κ3) is 1.72. The van der Waals surface area contributed by atoms with E-state index in [1.165, 1.54) is 6.42 Å². The Bertz CT molecular complexity index is 938. The highest BCUT2D eigenvalue weighted by Crippen LogP contribution is 2.68. The predicted molar refractivity (Wildman–Crippen MR) is 94.3 cm³/mol. The van der Waals surface area contributed by atoms with Gasteiger partial charge in [-0.15, -0.1) is 0 Å². The molecule has 0 radical (unpaired) electrons. The summed E-state index contributed by atoms with van der Waals surface area (Å²) in [5.41, 5.74) is 2.99. The normalized spacial score (nSPS) is 25.5. The van der Waals surface area contributed by atoms with Crippen molar-refractivity contribution in [3.05, 3.63) is 43.0 Å². The summed E-state index contributed by atoms with van der Waals surface area (Å²) in [5.74, 6) is 1.06. The quantitative estimate of drug-likeness (QED) is 0.726. The topological polar surface area (TPSA) is 46.8 Å². The number of aromatic nitrogens is 4. The highest BCUT2D eigenvalue weighted by molar-refractivity contribution is 5.79. The lowest BCUT2D eigenvalue weighted by molar-refractivity contribution is 0.166. The largest absolute Gasteiger partial charge is 0.352 e. The summed E-state index contributed by atoms with van der Waals surface area (Å²) in [6, 6.07) is 6.81. The van der Waals surface area contributed by atoms with Gasteiger partial charge in [0.15, 0.2) is 0 Å². The summed E-state index contributed by atoms with van der Waals surface area (Å²) in [4.78, 5) is 11.2. The van der Waals surface area contributed by atoms with Crippen LogP contribution in [-0.2, 0) is 0 Å². The Balaban J connectivity index is 1.49. The molecule has 0 aromatic carbocycles. The first-order chi connectivity index (χ1) is 11.5. The van der Waals surface area contributed by atoms with Gasteiger partial charge >= 0.3 is 0 Å². The van der Waals surface area contributed by atoms with Crippen LogP contribution in [0.15, 0.2) is 43.0 Å². The van der Waals surface area contributed by atoms with Crippen molar-refractivity contribution >= 4 is 16.7 Å². The van der Waals surface area contributed by atoms with Crippen LogP contribution in [0.25, 0.3) is 16.6 Å². The number of nitrogens with zero attached hydrogens (tertiary/aromatic N) is 5. The highest BCUT2D eigenvalue weighted by atomic mass is 15.4. The lowest BCUT2D eigenvalue weighted by Gasteiger charge is -2.46. The summed E-state index contributed by atoms with van der Waals surface area (Å²) >= 11 is 0. The molecule has 122 valence electrons. The van der Waals surface area contributed by atoms with E-state index in [9.17, 15) is 0 Å². The molecule has 1 aliphatic heterocycles. The van der Waals surface area contributed by atoms with Crippen LogP contribution in [0.1, 0.15) is 27.2 Å². The SMILES string of the molecule is CC(C)(C)C12CC1N(c1cc(-n3ncc4cnccc43)ccn1)C2. The van der Waals surface area contributed by atoms with Gasteiger partial charge in [0, 0.05) is 48.0 Å². The minimum Gasteiger partial charge on any atom is -0.352 e. The molecule has 1 saturated heterocycles. The van der Waals surface area contributed by atoms with Crippen LogP contribution >= 0.6 is 0 Å². The molecule has 5 rings (SSSR count). The maximum absolute atomic E-state index is 4.61. The highest BCUT2D eigenvalue weighted by Gasteiger charge is 2.71. The van der Waals surface area contributed by atoms with E-state index in [0.29, 0.717) is 16.9 Å². The maximum Gasteiger partial charge on any atom is 0.130 e. The van der Waals surface area contributed by atoms with Gasteiger partial charge in [0.25, 0.3) is 0 Å². The van der Waals surface area contributed by atoms with Gasteiger partial charge in [-0.25, -0.2) is 9.67 Å². The maximum atomic E-state index is 4.61. The fourth-order valence-electron chi connectivity index (χ4n) is 4.23. The zero-order chi connectivity index (χ0) is 16.5. The lowest BCUT2D eigenvalue weighted by Crippen LogP contribution is -2.52. The van der Waals surface area contributed by atoms with Crippen LogP contribution in [0.3, 0.4) is 0 Å². The molecule has 3 aromatic rings. The fraction of sp³-hybridized carbons (Fsp3) is 0.421. The third-order valence-corrected chi connectivity index (χ3v) is 5.99. The average Bonchev–Trinajstić information content (AvgIpc) is 2.95. The van der Waals surface area contributed by atoms with E-state index in [-0.39, 0.29) is 0 Å². The first-order valence-corrected chi connectivity index (χ1v) is 8.50. The molecule has 24 heavy (non-hydrogen) atoms. The number of hydrogen-bond acceptors (Lipinski definition) is 4. The van der Waals surface area contributed by atoms with Gasteiger partial charge in [-0.1, -0.05) is 20.8 Å².